The molecule has 1 saturated heterocycles. The molecule has 1 aliphatic rings. The van der Waals surface area contributed by atoms with Crippen molar-refractivity contribution >= 4 is 0 Å². The summed E-state index contributed by atoms with van der Waals surface area (Å²) in [4.78, 5) is 2.52. The van der Waals surface area contributed by atoms with E-state index in [0.29, 0.717) is 12.1 Å². The Hall–Kier alpha value is -1.26. The van der Waals surface area contributed by atoms with Gasteiger partial charge in [-0.3, -0.25) is 4.90 Å². The molecule has 1 atom stereocenters. The van der Waals surface area contributed by atoms with Crippen LogP contribution in [-0.4, -0.2) is 44.3 Å². The molecule has 1 fully saturated rings. The minimum Gasteiger partial charge on any atom is -0.493 e. The van der Waals surface area contributed by atoms with Gasteiger partial charge in [-0.2, -0.15) is 0 Å². The zero-order chi connectivity index (χ0) is 15.2. The van der Waals surface area contributed by atoms with Crippen molar-refractivity contribution in [1.29, 1.82) is 0 Å². The first kappa shape index (κ1) is 16.1. The minimum atomic E-state index is 0.552. The second-order valence-electron chi connectivity index (χ2n) is 6.08. The molecule has 4 heteroatoms. The van der Waals surface area contributed by atoms with Crippen molar-refractivity contribution in [3.63, 3.8) is 0 Å². The van der Waals surface area contributed by atoms with E-state index < -0.39 is 0 Å². The van der Waals surface area contributed by atoms with Crippen molar-refractivity contribution in [1.82, 2.24) is 10.2 Å². The molecule has 4 nitrogen and oxygen atoms in total. The predicted octanol–water partition coefficient (Wildman–Crippen LogP) is 2.67. The van der Waals surface area contributed by atoms with E-state index in [0.717, 1.165) is 24.6 Å². The van der Waals surface area contributed by atoms with E-state index in [1.165, 1.54) is 24.9 Å². The molecule has 0 bridgehead atoms. The standard InChI is InChI=1S/C17H28N2O2/c1-13(2)18-15-6-5-9-19(12-15)11-14-7-8-16(20-3)17(10-14)21-4/h7-8,10,13,15,18H,5-6,9,11-12H2,1-4H3. The van der Waals surface area contributed by atoms with Gasteiger partial charge >= 0.3 is 0 Å². The van der Waals surface area contributed by atoms with Crippen LogP contribution in [0.25, 0.3) is 0 Å². The Kier molecular flexibility index (Phi) is 5.88. The molecular formula is C17H28N2O2. The number of nitrogens with zero attached hydrogens (tertiary/aromatic N) is 1. The molecule has 2 rings (SSSR count). The number of hydrogen-bond acceptors (Lipinski definition) is 4. The lowest BCUT2D eigenvalue weighted by Crippen LogP contribution is -2.47. The first-order valence-electron chi connectivity index (χ1n) is 7.81. The zero-order valence-electron chi connectivity index (χ0n) is 13.7. The molecule has 0 amide bonds. The molecule has 118 valence electrons. The lowest BCUT2D eigenvalue weighted by atomic mass is 10.0. The van der Waals surface area contributed by atoms with Gasteiger partial charge in [-0.1, -0.05) is 19.9 Å². The SMILES string of the molecule is COc1ccc(CN2CCCC(NC(C)C)C2)cc1OC. The molecule has 1 N–H and O–H groups in total. The maximum absolute atomic E-state index is 5.38. The summed E-state index contributed by atoms with van der Waals surface area (Å²) in [7, 11) is 3.36. The van der Waals surface area contributed by atoms with E-state index in [-0.39, 0.29) is 0 Å². The highest BCUT2D eigenvalue weighted by Gasteiger charge is 2.20. The van der Waals surface area contributed by atoms with Gasteiger partial charge in [-0.25, -0.2) is 0 Å². The van der Waals surface area contributed by atoms with Crippen LogP contribution >= 0.6 is 0 Å². The van der Waals surface area contributed by atoms with Gasteiger partial charge in [0.2, 0.25) is 0 Å². The molecule has 0 saturated carbocycles. The third-order valence-corrected chi connectivity index (χ3v) is 3.93. The van der Waals surface area contributed by atoms with Gasteiger partial charge in [-0.05, 0) is 37.1 Å². The van der Waals surface area contributed by atoms with Crippen LogP contribution in [0.3, 0.4) is 0 Å². The summed E-state index contributed by atoms with van der Waals surface area (Å²) in [5.41, 5.74) is 1.28. The average molecular weight is 292 g/mol. The Morgan fingerprint density at radius 3 is 2.67 bits per heavy atom. The van der Waals surface area contributed by atoms with Crippen LogP contribution in [-0.2, 0) is 6.54 Å². The fourth-order valence-electron chi connectivity index (χ4n) is 3.04. The molecule has 1 aromatic rings. The van der Waals surface area contributed by atoms with Crippen molar-refractivity contribution in [2.24, 2.45) is 0 Å². The Morgan fingerprint density at radius 2 is 2.00 bits per heavy atom. The molecule has 0 aliphatic carbocycles. The normalized spacial score (nSPS) is 19.8. The van der Waals surface area contributed by atoms with Crippen LogP contribution in [0.1, 0.15) is 32.3 Å². The lowest BCUT2D eigenvalue weighted by molar-refractivity contribution is 0.178. The third kappa shape index (κ3) is 4.61. The summed E-state index contributed by atoms with van der Waals surface area (Å²) < 4.78 is 10.7. The van der Waals surface area contributed by atoms with Crippen molar-refractivity contribution in [2.45, 2.75) is 45.3 Å². The summed E-state index contributed by atoms with van der Waals surface area (Å²) in [5, 5.41) is 3.65. The summed E-state index contributed by atoms with van der Waals surface area (Å²) in [6, 6.07) is 7.36. The van der Waals surface area contributed by atoms with E-state index in [1.54, 1.807) is 14.2 Å². The number of hydrogen-bond donors (Lipinski definition) is 1. The molecular weight excluding hydrogens is 264 g/mol. The van der Waals surface area contributed by atoms with Gasteiger partial charge < -0.3 is 14.8 Å². The molecule has 21 heavy (non-hydrogen) atoms. The maximum atomic E-state index is 5.38. The van der Waals surface area contributed by atoms with E-state index in [9.17, 15) is 0 Å². The average Bonchev–Trinajstić information content (AvgIpc) is 2.46. The molecule has 1 aromatic carbocycles. The quantitative estimate of drug-likeness (QED) is 0.874. The topological polar surface area (TPSA) is 33.7 Å². The van der Waals surface area contributed by atoms with Gasteiger partial charge in [0.1, 0.15) is 0 Å². The van der Waals surface area contributed by atoms with Gasteiger partial charge in [0, 0.05) is 25.2 Å². The van der Waals surface area contributed by atoms with Gasteiger partial charge in [0.15, 0.2) is 11.5 Å². The van der Waals surface area contributed by atoms with E-state index in [1.807, 2.05) is 6.07 Å². The second-order valence-corrected chi connectivity index (χ2v) is 6.08. The fourth-order valence-corrected chi connectivity index (χ4v) is 3.04. The van der Waals surface area contributed by atoms with Crippen molar-refractivity contribution in [3.05, 3.63) is 23.8 Å². The van der Waals surface area contributed by atoms with Crippen LogP contribution < -0.4 is 14.8 Å². The molecule has 1 aliphatic heterocycles. The van der Waals surface area contributed by atoms with E-state index >= 15 is 0 Å². The minimum absolute atomic E-state index is 0.552. The number of ether oxygens (including phenoxy) is 2. The molecule has 0 spiro atoms. The van der Waals surface area contributed by atoms with Crippen molar-refractivity contribution in [3.8, 4) is 11.5 Å². The van der Waals surface area contributed by atoms with Crippen LogP contribution in [0, 0.1) is 0 Å². The summed E-state index contributed by atoms with van der Waals surface area (Å²) in [5.74, 6) is 1.60. The predicted molar refractivity (Wildman–Crippen MR) is 86.1 cm³/mol. The first-order valence-corrected chi connectivity index (χ1v) is 7.81. The smallest absolute Gasteiger partial charge is 0.161 e. The lowest BCUT2D eigenvalue weighted by Gasteiger charge is -2.34. The second kappa shape index (κ2) is 7.66. The number of methoxy groups -OCH3 is 2. The summed E-state index contributed by atoms with van der Waals surface area (Å²) in [6.07, 6.45) is 2.54. The molecule has 0 radical (unpaired) electrons. The van der Waals surface area contributed by atoms with E-state index in [4.69, 9.17) is 9.47 Å². The highest BCUT2D eigenvalue weighted by Crippen LogP contribution is 2.28. The Labute approximate surface area is 128 Å². The monoisotopic (exact) mass is 292 g/mol. The Morgan fingerprint density at radius 1 is 1.24 bits per heavy atom. The highest BCUT2D eigenvalue weighted by molar-refractivity contribution is 5.42. The van der Waals surface area contributed by atoms with Crippen LogP contribution in [0.15, 0.2) is 18.2 Å². The van der Waals surface area contributed by atoms with Crippen LogP contribution in [0.4, 0.5) is 0 Å². The largest absolute Gasteiger partial charge is 0.493 e. The van der Waals surface area contributed by atoms with Crippen LogP contribution in [0.2, 0.25) is 0 Å². The van der Waals surface area contributed by atoms with Crippen molar-refractivity contribution < 1.29 is 9.47 Å². The summed E-state index contributed by atoms with van der Waals surface area (Å²) in [6.45, 7) is 7.69. The third-order valence-electron chi connectivity index (χ3n) is 3.93. The Balaban J connectivity index is 1.97. The zero-order valence-corrected chi connectivity index (χ0v) is 13.7. The first-order chi connectivity index (χ1) is 10.1. The number of nitrogens with one attached hydrogen (secondary N) is 1. The van der Waals surface area contributed by atoms with Gasteiger partial charge in [0.25, 0.3) is 0 Å². The highest BCUT2D eigenvalue weighted by atomic mass is 16.5. The number of likely N-dealkylation sites (tertiary alicyclic amines) is 1. The summed E-state index contributed by atoms with van der Waals surface area (Å²) >= 11 is 0. The van der Waals surface area contributed by atoms with E-state index in [2.05, 4.69) is 36.2 Å². The molecule has 0 aromatic heterocycles. The fraction of sp³-hybridized carbons (Fsp3) is 0.647. The molecule has 1 heterocycles. The molecule has 1 unspecified atom stereocenters. The Bertz CT molecular complexity index is 448. The van der Waals surface area contributed by atoms with Gasteiger partial charge in [0.05, 0.1) is 14.2 Å². The van der Waals surface area contributed by atoms with Crippen LogP contribution in [0.5, 0.6) is 11.5 Å². The van der Waals surface area contributed by atoms with Crippen molar-refractivity contribution in [2.75, 3.05) is 27.3 Å². The van der Waals surface area contributed by atoms with Gasteiger partial charge in [-0.15, -0.1) is 0 Å². The number of piperidine rings is 1. The number of benzene rings is 1. The number of rotatable bonds is 6. The maximum Gasteiger partial charge on any atom is 0.161 e.